The highest BCUT2D eigenvalue weighted by Crippen LogP contribution is 2.29. The first-order valence-electron chi connectivity index (χ1n) is 21.8. The molecule has 0 spiro atoms. The van der Waals surface area contributed by atoms with Gasteiger partial charge in [-0.05, 0) is 137 Å². The number of carbonyl (C=O) groups is 2. The first kappa shape index (κ1) is 45.0. The Kier molecular flexibility index (Phi) is 14.6. The average Bonchev–Trinajstić information content (AvgIpc) is 4.21. The molecule has 4 aromatic heterocycles. The van der Waals surface area contributed by atoms with E-state index in [4.69, 9.17) is 28.8 Å². The van der Waals surface area contributed by atoms with E-state index >= 15 is 0 Å². The normalized spacial score (nSPS) is 13.7. The molecule has 1 amide bonds. The Hall–Kier alpha value is -7.62. The van der Waals surface area contributed by atoms with Gasteiger partial charge in [-0.3, -0.25) is 14.6 Å². The van der Waals surface area contributed by atoms with Gasteiger partial charge in [0.05, 0.1) is 26.9 Å². The fourth-order valence-electron chi connectivity index (χ4n) is 7.89. The lowest BCUT2D eigenvalue weighted by Crippen LogP contribution is -2.19. The van der Waals surface area contributed by atoms with E-state index in [0.717, 1.165) is 73.0 Å². The number of fused-ring (bicyclic) bond motifs is 2. The topological polar surface area (TPSA) is 184 Å². The molecule has 0 saturated carbocycles. The predicted octanol–water partition coefficient (Wildman–Crippen LogP) is 9.30. The van der Waals surface area contributed by atoms with Crippen LogP contribution in [-0.4, -0.2) is 89.1 Å². The number of likely N-dealkylation sites (tertiary alicyclic amines) is 2. The van der Waals surface area contributed by atoms with Gasteiger partial charge >= 0.3 is 5.97 Å². The minimum atomic E-state index is -0.332. The predicted molar refractivity (Wildman–Crippen MR) is 253 cm³/mol. The van der Waals surface area contributed by atoms with Crippen LogP contribution in [0.25, 0.3) is 45.4 Å². The molecule has 2 saturated heterocycles. The molecule has 15 nitrogen and oxygen atoms in total. The molecule has 338 valence electrons. The van der Waals surface area contributed by atoms with Crippen LogP contribution in [0.2, 0.25) is 0 Å². The number of methoxy groups -OCH3 is 3. The van der Waals surface area contributed by atoms with Gasteiger partial charge in [-0.15, -0.1) is 0 Å². The Morgan fingerprint density at radius 2 is 1.14 bits per heavy atom. The van der Waals surface area contributed by atoms with Crippen LogP contribution in [-0.2, 0) is 17.8 Å². The zero-order valence-corrected chi connectivity index (χ0v) is 37.2. The van der Waals surface area contributed by atoms with E-state index in [2.05, 4.69) is 35.1 Å². The fourth-order valence-corrected chi connectivity index (χ4v) is 7.89. The highest BCUT2D eigenvalue weighted by Gasteiger charge is 2.18. The van der Waals surface area contributed by atoms with E-state index < -0.39 is 0 Å². The number of oxazole rings is 2. The minimum absolute atomic E-state index is 0.201. The molecule has 4 aromatic carbocycles. The summed E-state index contributed by atoms with van der Waals surface area (Å²) in [6.07, 6.45) is 8.37. The molecule has 2 fully saturated rings. The SMILES string of the molecule is COC(=O)c1ccc(CN2CCCC2)c(OC)c1.COc1cc(C(=O)Nc2cccc(-c3nc4ncccc4o3)c2)ccc1CN1CCCC1.Nc1cccc(-c2nc3ncccc3o2)c1. The Morgan fingerprint density at radius 1 is 0.621 bits per heavy atom. The van der Waals surface area contributed by atoms with Crippen molar-refractivity contribution in [2.45, 2.75) is 38.8 Å². The van der Waals surface area contributed by atoms with Crippen molar-refractivity contribution in [3.63, 3.8) is 0 Å². The van der Waals surface area contributed by atoms with E-state index in [0.29, 0.717) is 56.7 Å². The number of nitrogens with zero attached hydrogens (tertiary/aromatic N) is 6. The summed E-state index contributed by atoms with van der Waals surface area (Å²) in [5.74, 6) is 1.96. The van der Waals surface area contributed by atoms with Crippen LogP contribution in [0.15, 0.2) is 130 Å². The van der Waals surface area contributed by atoms with Crippen LogP contribution in [0, 0.1) is 0 Å². The highest BCUT2D eigenvalue weighted by atomic mass is 16.5. The Bertz CT molecular complexity index is 2850. The van der Waals surface area contributed by atoms with Crippen LogP contribution >= 0.6 is 0 Å². The number of esters is 1. The molecule has 0 aliphatic carbocycles. The standard InChI is InChI=1S/C25H24N4O3.C14H19NO3.C12H9N3O/c1-31-22-15-17(9-10-19(22)16-29-12-2-3-13-29)24(30)27-20-7-4-6-18(14-20)25-28-23-21(32-25)8-5-11-26-23;1-17-13-9-11(14(16)18-2)5-6-12(13)10-15-7-3-4-8-15;13-9-4-1-3-8(7-9)12-15-11-10(16-12)5-2-6-14-11/h4-11,14-15H,2-3,12-13,16H2,1H3,(H,27,30);5-6,9H,3-4,7-8,10H2,1-2H3;1-7H,13H2. The highest BCUT2D eigenvalue weighted by molar-refractivity contribution is 6.04. The number of hydrogen-bond acceptors (Lipinski definition) is 14. The van der Waals surface area contributed by atoms with Gasteiger partial charge in [0.1, 0.15) is 11.5 Å². The molecular formula is C51H52N8O7. The second-order valence-electron chi connectivity index (χ2n) is 15.9. The summed E-state index contributed by atoms with van der Waals surface area (Å²) in [6, 6.07) is 33.2. The second kappa shape index (κ2) is 21.4. The van der Waals surface area contributed by atoms with E-state index in [1.54, 1.807) is 50.9 Å². The van der Waals surface area contributed by atoms with Gasteiger partial charge in [0, 0.05) is 64.7 Å². The van der Waals surface area contributed by atoms with Crippen molar-refractivity contribution in [2.75, 3.05) is 58.6 Å². The monoisotopic (exact) mass is 888 g/mol. The van der Waals surface area contributed by atoms with Gasteiger partial charge in [0.25, 0.3) is 5.91 Å². The summed E-state index contributed by atoms with van der Waals surface area (Å²) in [7, 11) is 4.65. The molecule has 3 N–H and O–H groups in total. The molecule has 0 radical (unpaired) electrons. The largest absolute Gasteiger partial charge is 0.496 e. The van der Waals surface area contributed by atoms with Crippen molar-refractivity contribution in [1.29, 1.82) is 0 Å². The Labute approximate surface area is 382 Å². The van der Waals surface area contributed by atoms with Crippen LogP contribution in [0.4, 0.5) is 11.4 Å². The molecule has 15 heteroatoms. The second-order valence-corrected chi connectivity index (χ2v) is 15.9. The zero-order valence-electron chi connectivity index (χ0n) is 37.2. The first-order valence-corrected chi connectivity index (χ1v) is 21.8. The number of rotatable bonds is 11. The molecule has 2 aliphatic rings. The Balaban J connectivity index is 0.000000147. The molecule has 0 bridgehead atoms. The lowest BCUT2D eigenvalue weighted by Gasteiger charge is -2.17. The molecule has 66 heavy (non-hydrogen) atoms. The molecule has 6 heterocycles. The lowest BCUT2D eigenvalue weighted by molar-refractivity contribution is 0.0600. The Morgan fingerprint density at radius 3 is 1.65 bits per heavy atom. The van der Waals surface area contributed by atoms with E-state index in [1.165, 1.54) is 32.8 Å². The fraction of sp³-hybridized carbons (Fsp3) is 0.255. The molecule has 0 unspecified atom stereocenters. The van der Waals surface area contributed by atoms with Crippen LogP contribution in [0.1, 0.15) is 57.5 Å². The number of aromatic nitrogens is 4. The summed E-state index contributed by atoms with van der Waals surface area (Å²) in [4.78, 5) is 46.2. The zero-order chi connectivity index (χ0) is 45.8. The van der Waals surface area contributed by atoms with Crippen molar-refractivity contribution >= 4 is 45.7 Å². The average molecular weight is 889 g/mol. The summed E-state index contributed by atoms with van der Waals surface area (Å²) in [6.45, 7) is 6.22. The summed E-state index contributed by atoms with van der Waals surface area (Å²) in [5, 5.41) is 2.96. The van der Waals surface area contributed by atoms with Crippen molar-refractivity contribution < 1.29 is 32.6 Å². The molecule has 10 rings (SSSR count). The summed E-state index contributed by atoms with van der Waals surface area (Å²) >= 11 is 0. The maximum Gasteiger partial charge on any atom is 0.337 e. The van der Waals surface area contributed by atoms with Crippen molar-refractivity contribution in [2.24, 2.45) is 0 Å². The first-order chi connectivity index (χ1) is 32.3. The summed E-state index contributed by atoms with van der Waals surface area (Å²) in [5.41, 5.74) is 14.4. The van der Waals surface area contributed by atoms with E-state index in [-0.39, 0.29) is 11.9 Å². The third kappa shape index (κ3) is 11.2. The van der Waals surface area contributed by atoms with Crippen LogP contribution < -0.4 is 20.5 Å². The number of hydrogen-bond donors (Lipinski definition) is 2. The number of nitrogens with one attached hydrogen (secondary N) is 1. The smallest absolute Gasteiger partial charge is 0.337 e. The third-order valence-electron chi connectivity index (χ3n) is 11.3. The summed E-state index contributed by atoms with van der Waals surface area (Å²) < 4.78 is 27.0. The van der Waals surface area contributed by atoms with Gasteiger partial charge < -0.3 is 34.1 Å². The van der Waals surface area contributed by atoms with E-state index in [9.17, 15) is 9.59 Å². The van der Waals surface area contributed by atoms with Gasteiger partial charge in [-0.25, -0.2) is 14.8 Å². The number of ether oxygens (including phenoxy) is 3. The number of benzene rings is 4. The number of amides is 1. The van der Waals surface area contributed by atoms with Crippen LogP contribution in [0.3, 0.4) is 0 Å². The number of carbonyl (C=O) groups excluding carboxylic acids is 2. The van der Waals surface area contributed by atoms with E-state index in [1.807, 2.05) is 84.9 Å². The molecule has 8 aromatic rings. The minimum Gasteiger partial charge on any atom is -0.496 e. The third-order valence-corrected chi connectivity index (χ3v) is 11.3. The molecule has 0 atom stereocenters. The van der Waals surface area contributed by atoms with Gasteiger partial charge in [0.2, 0.25) is 11.8 Å². The van der Waals surface area contributed by atoms with Crippen molar-refractivity contribution in [3.05, 3.63) is 144 Å². The maximum absolute atomic E-state index is 12.9. The van der Waals surface area contributed by atoms with Gasteiger partial charge in [0.15, 0.2) is 22.5 Å². The number of nitrogen functional groups attached to an aromatic ring is 1. The van der Waals surface area contributed by atoms with Gasteiger partial charge in [-0.1, -0.05) is 24.3 Å². The number of pyridine rings is 2. The number of anilines is 2. The lowest BCUT2D eigenvalue weighted by atomic mass is 10.1. The molecular weight excluding hydrogens is 837 g/mol. The quantitative estimate of drug-likeness (QED) is 0.0925. The van der Waals surface area contributed by atoms with Gasteiger partial charge in [-0.2, -0.15) is 9.97 Å². The molecule has 2 aliphatic heterocycles. The van der Waals surface area contributed by atoms with Crippen molar-refractivity contribution in [3.8, 4) is 34.4 Å². The van der Waals surface area contributed by atoms with Crippen molar-refractivity contribution in [1.82, 2.24) is 29.7 Å². The van der Waals surface area contributed by atoms with Crippen LogP contribution in [0.5, 0.6) is 11.5 Å². The number of nitrogens with two attached hydrogens (primary N) is 1. The maximum atomic E-state index is 12.9.